The van der Waals surface area contributed by atoms with Gasteiger partial charge in [0.05, 0.1) is 11.8 Å². The second-order valence-corrected chi connectivity index (χ2v) is 8.10. The Labute approximate surface area is 170 Å². The third-order valence-electron chi connectivity index (χ3n) is 5.72. The minimum absolute atomic E-state index is 0.0710. The van der Waals surface area contributed by atoms with Crippen LogP contribution in [0, 0.1) is 31.5 Å². The molecule has 0 bridgehead atoms. The number of carbonyl (C=O) groups excluding carboxylic acids is 2. The molecule has 2 unspecified atom stereocenters. The minimum atomic E-state index is -0.249. The number of anilines is 2. The largest absolute Gasteiger partial charge is 0.368 e. The highest BCUT2D eigenvalue weighted by molar-refractivity contribution is 5.99. The van der Waals surface area contributed by atoms with Crippen molar-refractivity contribution < 1.29 is 14.0 Å². The van der Waals surface area contributed by atoms with Gasteiger partial charge in [0.25, 0.3) is 0 Å². The van der Waals surface area contributed by atoms with Gasteiger partial charge in [-0.25, -0.2) is 4.39 Å². The van der Waals surface area contributed by atoms with Gasteiger partial charge >= 0.3 is 0 Å². The van der Waals surface area contributed by atoms with Crippen LogP contribution in [0.2, 0.25) is 0 Å². The van der Waals surface area contributed by atoms with Crippen molar-refractivity contribution in [3.63, 3.8) is 0 Å². The van der Waals surface area contributed by atoms with Crippen LogP contribution in [0.3, 0.4) is 0 Å². The van der Waals surface area contributed by atoms with Crippen molar-refractivity contribution in [2.45, 2.75) is 20.3 Å². The molecule has 2 amide bonds. The predicted molar refractivity (Wildman–Crippen MR) is 111 cm³/mol. The fourth-order valence-corrected chi connectivity index (χ4v) is 4.11. The zero-order chi connectivity index (χ0) is 20.5. The van der Waals surface area contributed by atoms with Crippen molar-refractivity contribution in [2.24, 2.45) is 11.8 Å². The lowest BCUT2D eigenvalue weighted by molar-refractivity contribution is -0.134. The fraction of sp³-hybridized carbons (Fsp3) is 0.391. The molecule has 2 aromatic carbocycles. The number of carbonyl (C=O) groups is 2. The molecule has 0 aromatic heterocycles. The molecule has 2 aromatic rings. The van der Waals surface area contributed by atoms with E-state index in [1.165, 1.54) is 12.1 Å². The Balaban J connectivity index is 1.29. The van der Waals surface area contributed by atoms with Gasteiger partial charge in [-0.1, -0.05) is 6.07 Å². The first-order valence-corrected chi connectivity index (χ1v) is 10.1. The molecule has 2 fully saturated rings. The van der Waals surface area contributed by atoms with Gasteiger partial charge in [0, 0.05) is 37.6 Å². The smallest absolute Gasteiger partial charge is 0.228 e. The average molecular weight is 395 g/mol. The number of hydrogen-bond donors (Lipinski definition) is 1. The van der Waals surface area contributed by atoms with Crippen molar-refractivity contribution >= 4 is 23.2 Å². The lowest BCUT2D eigenvalue weighted by atomic mass is 10.1. The number of halogens is 1. The average Bonchev–Trinajstić information content (AvgIpc) is 3.48. The number of nitrogens with one attached hydrogen (secondary N) is 1. The Kier molecular flexibility index (Phi) is 5.26. The van der Waals surface area contributed by atoms with E-state index in [0.29, 0.717) is 32.6 Å². The summed E-state index contributed by atoms with van der Waals surface area (Å²) in [4.78, 5) is 29.3. The fourth-order valence-electron chi connectivity index (χ4n) is 4.11. The minimum Gasteiger partial charge on any atom is -0.368 e. The number of aryl methyl sites for hydroxylation is 2. The Morgan fingerprint density at radius 3 is 2.17 bits per heavy atom. The number of amides is 2. The molecule has 2 atom stereocenters. The first kappa shape index (κ1) is 19.4. The Morgan fingerprint density at radius 1 is 0.931 bits per heavy atom. The lowest BCUT2D eigenvalue weighted by Crippen LogP contribution is -2.49. The third kappa shape index (κ3) is 4.42. The molecule has 5 nitrogen and oxygen atoms in total. The van der Waals surface area contributed by atoms with Crippen LogP contribution in [0.4, 0.5) is 15.8 Å². The predicted octanol–water partition coefficient (Wildman–Crippen LogP) is 3.37. The Hall–Kier alpha value is -2.89. The van der Waals surface area contributed by atoms with Crippen LogP contribution in [-0.4, -0.2) is 42.9 Å². The van der Waals surface area contributed by atoms with E-state index in [4.69, 9.17) is 0 Å². The van der Waals surface area contributed by atoms with E-state index >= 15 is 0 Å². The summed E-state index contributed by atoms with van der Waals surface area (Å²) in [6, 6.07) is 12.4. The van der Waals surface area contributed by atoms with E-state index in [0.717, 1.165) is 22.5 Å². The summed E-state index contributed by atoms with van der Waals surface area (Å²) in [5.41, 5.74) is 3.96. The Bertz CT molecular complexity index is 900. The summed E-state index contributed by atoms with van der Waals surface area (Å²) in [6.07, 6.45) is 0.619. The second kappa shape index (κ2) is 7.85. The number of nitrogens with zero attached hydrogens (tertiary/aromatic N) is 2. The highest BCUT2D eigenvalue weighted by atomic mass is 19.1. The molecule has 0 radical (unpaired) electrons. The van der Waals surface area contributed by atoms with E-state index in [-0.39, 0.29) is 29.5 Å². The molecule has 0 spiro atoms. The summed E-state index contributed by atoms with van der Waals surface area (Å²) < 4.78 is 13.1. The van der Waals surface area contributed by atoms with Crippen LogP contribution in [-0.2, 0) is 9.59 Å². The summed E-state index contributed by atoms with van der Waals surface area (Å²) >= 11 is 0. The van der Waals surface area contributed by atoms with Crippen LogP contribution in [0.25, 0.3) is 0 Å². The van der Waals surface area contributed by atoms with Gasteiger partial charge in [0.1, 0.15) is 5.82 Å². The van der Waals surface area contributed by atoms with Gasteiger partial charge < -0.3 is 15.1 Å². The van der Waals surface area contributed by atoms with Gasteiger partial charge in [0.15, 0.2) is 0 Å². The van der Waals surface area contributed by atoms with Gasteiger partial charge in [-0.05, 0) is 67.8 Å². The van der Waals surface area contributed by atoms with E-state index in [1.54, 1.807) is 12.1 Å². The highest BCUT2D eigenvalue weighted by Crippen LogP contribution is 2.41. The molecule has 2 aliphatic rings. The summed E-state index contributed by atoms with van der Waals surface area (Å²) in [5.74, 6) is -0.694. The standard InChI is InChI=1S/C23H26FN3O2/c1-15-11-16(2)13-18(12-15)25-22(28)20-14-21(20)23(29)27-9-7-26(8-10-27)19-5-3-17(24)4-6-19/h3-6,11-13,20-21H,7-10,14H2,1-2H3,(H,25,28). The van der Waals surface area contributed by atoms with E-state index in [9.17, 15) is 14.0 Å². The van der Waals surface area contributed by atoms with Crippen LogP contribution >= 0.6 is 0 Å². The zero-order valence-electron chi connectivity index (χ0n) is 16.8. The molecule has 1 aliphatic carbocycles. The normalized spacial score (nSPS) is 21.1. The van der Waals surface area contributed by atoms with Crippen molar-refractivity contribution in [1.29, 1.82) is 0 Å². The summed E-state index contributed by atoms with van der Waals surface area (Å²) in [5, 5.41) is 2.96. The van der Waals surface area contributed by atoms with Crippen molar-refractivity contribution in [3.8, 4) is 0 Å². The van der Waals surface area contributed by atoms with Crippen LogP contribution in [0.1, 0.15) is 17.5 Å². The monoisotopic (exact) mass is 395 g/mol. The number of piperazine rings is 1. The lowest BCUT2D eigenvalue weighted by Gasteiger charge is -2.36. The SMILES string of the molecule is Cc1cc(C)cc(NC(=O)C2CC2C(=O)N2CCN(c3ccc(F)cc3)CC2)c1. The van der Waals surface area contributed by atoms with Gasteiger partial charge in [-0.2, -0.15) is 0 Å². The van der Waals surface area contributed by atoms with Crippen molar-refractivity contribution in [1.82, 2.24) is 4.90 Å². The Morgan fingerprint density at radius 2 is 1.55 bits per heavy atom. The quantitative estimate of drug-likeness (QED) is 0.864. The van der Waals surface area contributed by atoms with Crippen LogP contribution in [0.5, 0.6) is 0 Å². The molecule has 1 heterocycles. The molecule has 6 heteroatoms. The van der Waals surface area contributed by atoms with E-state index in [2.05, 4.69) is 16.3 Å². The summed E-state index contributed by atoms with van der Waals surface area (Å²) in [7, 11) is 0. The molecule has 1 saturated carbocycles. The van der Waals surface area contributed by atoms with E-state index in [1.807, 2.05) is 30.9 Å². The molecular formula is C23H26FN3O2. The molecule has 1 saturated heterocycles. The molecule has 152 valence electrons. The maximum absolute atomic E-state index is 13.1. The first-order valence-electron chi connectivity index (χ1n) is 10.1. The van der Waals surface area contributed by atoms with Gasteiger partial charge in [-0.15, -0.1) is 0 Å². The first-order chi connectivity index (χ1) is 13.9. The molecule has 1 N–H and O–H groups in total. The molecular weight excluding hydrogens is 369 g/mol. The number of rotatable bonds is 4. The maximum atomic E-state index is 13.1. The maximum Gasteiger partial charge on any atom is 0.228 e. The van der Waals surface area contributed by atoms with Gasteiger partial charge in [0.2, 0.25) is 11.8 Å². The van der Waals surface area contributed by atoms with Crippen LogP contribution in [0.15, 0.2) is 42.5 Å². The molecule has 29 heavy (non-hydrogen) atoms. The molecule has 4 rings (SSSR count). The molecule has 1 aliphatic heterocycles. The van der Waals surface area contributed by atoms with Crippen LogP contribution < -0.4 is 10.2 Å². The highest BCUT2D eigenvalue weighted by Gasteiger charge is 2.49. The number of hydrogen-bond acceptors (Lipinski definition) is 3. The second-order valence-electron chi connectivity index (χ2n) is 8.10. The summed E-state index contributed by atoms with van der Waals surface area (Å²) in [6.45, 7) is 6.67. The van der Waals surface area contributed by atoms with Crippen molar-refractivity contribution in [2.75, 3.05) is 36.4 Å². The topological polar surface area (TPSA) is 52.7 Å². The number of benzene rings is 2. The zero-order valence-corrected chi connectivity index (χ0v) is 16.8. The van der Waals surface area contributed by atoms with Gasteiger partial charge in [-0.3, -0.25) is 9.59 Å². The third-order valence-corrected chi connectivity index (χ3v) is 5.72. The van der Waals surface area contributed by atoms with E-state index < -0.39 is 0 Å². The van der Waals surface area contributed by atoms with Crippen molar-refractivity contribution in [3.05, 3.63) is 59.4 Å².